The number of rotatable bonds is 5. The minimum atomic E-state index is -0.972. The molecule has 2 aromatic rings. The number of nitrogens with one attached hydrogen (secondary N) is 1. The summed E-state index contributed by atoms with van der Waals surface area (Å²) in [6, 6.07) is 7.82. The lowest BCUT2D eigenvalue weighted by Crippen LogP contribution is -2.36. The number of carbonyl (C=O) groups excluding carboxylic acids is 1. The number of aromatic nitrogens is 1. The molecule has 7 nitrogen and oxygen atoms in total. The molecule has 0 spiro atoms. The number of benzene rings is 1. The summed E-state index contributed by atoms with van der Waals surface area (Å²) < 4.78 is 4.67. The zero-order valence-corrected chi connectivity index (χ0v) is 11.4. The highest BCUT2D eigenvalue weighted by Gasteiger charge is 2.10. The van der Waals surface area contributed by atoms with Crippen LogP contribution < -0.4 is 5.32 Å². The van der Waals surface area contributed by atoms with E-state index >= 15 is 0 Å². The molecule has 2 rings (SSSR count). The van der Waals surface area contributed by atoms with Crippen molar-refractivity contribution in [1.29, 1.82) is 0 Å². The van der Waals surface area contributed by atoms with Crippen molar-refractivity contribution in [3.05, 3.63) is 53.4 Å². The monoisotopic (exact) mass is 289 g/mol. The average molecular weight is 289 g/mol. The number of aromatic carboxylic acids is 1. The second kappa shape index (κ2) is 6.56. The maximum Gasteiger partial charge on any atom is 0.335 e. The van der Waals surface area contributed by atoms with Gasteiger partial charge in [-0.05, 0) is 17.7 Å². The van der Waals surface area contributed by atoms with Crippen LogP contribution in [0.5, 0.6) is 0 Å². The van der Waals surface area contributed by atoms with E-state index in [0.717, 1.165) is 5.56 Å². The topological polar surface area (TPSA) is 95.7 Å². The second-order valence-electron chi connectivity index (χ2n) is 4.51. The molecular formula is C14H15N3O4. The van der Waals surface area contributed by atoms with Gasteiger partial charge in [0.2, 0.25) is 0 Å². The summed E-state index contributed by atoms with van der Waals surface area (Å²) in [4.78, 5) is 24.1. The molecule has 0 saturated heterocycles. The molecule has 1 heterocycles. The van der Waals surface area contributed by atoms with Crippen molar-refractivity contribution in [2.45, 2.75) is 13.1 Å². The highest BCUT2D eigenvalue weighted by Crippen LogP contribution is 2.07. The first-order valence-electron chi connectivity index (χ1n) is 6.26. The van der Waals surface area contributed by atoms with Crippen molar-refractivity contribution in [1.82, 2.24) is 15.4 Å². The van der Waals surface area contributed by atoms with Crippen LogP contribution in [0.25, 0.3) is 0 Å². The molecule has 110 valence electrons. The van der Waals surface area contributed by atoms with Gasteiger partial charge < -0.3 is 19.8 Å². The summed E-state index contributed by atoms with van der Waals surface area (Å²) in [7, 11) is 1.66. The Labute approximate surface area is 121 Å². The third-order valence-corrected chi connectivity index (χ3v) is 2.88. The van der Waals surface area contributed by atoms with Crippen LogP contribution in [0.1, 0.15) is 21.6 Å². The average Bonchev–Trinajstić information content (AvgIpc) is 2.98. The smallest absolute Gasteiger partial charge is 0.335 e. The summed E-state index contributed by atoms with van der Waals surface area (Å²) in [5.41, 5.74) is 1.71. The third-order valence-electron chi connectivity index (χ3n) is 2.88. The van der Waals surface area contributed by atoms with Crippen molar-refractivity contribution in [3.8, 4) is 0 Å². The number of carboxylic acid groups (broad SMARTS) is 1. The van der Waals surface area contributed by atoms with E-state index in [1.807, 2.05) is 0 Å². The molecule has 2 amide bonds. The number of hydrogen-bond acceptors (Lipinski definition) is 4. The zero-order chi connectivity index (χ0) is 15.2. The van der Waals surface area contributed by atoms with Crippen LogP contribution in [-0.2, 0) is 13.1 Å². The van der Waals surface area contributed by atoms with Gasteiger partial charge in [0.05, 0.1) is 12.1 Å². The minimum absolute atomic E-state index is 0.219. The van der Waals surface area contributed by atoms with Crippen LogP contribution in [0.2, 0.25) is 0 Å². The second-order valence-corrected chi connectivity index (χ2v) is 4.51. The Morgan fingerprint density at radius 3 is 2.57 bits per heavy atom. The number of hydrogen-bond donors (Lipinski definition) is 2. The maximum atomic E-state index is 11.9. The standard InChI is InChI=1S/C14H15N3O4/c1-17(14(20)15-8-12-6-7-21-16-12)9-10-2-4-11(5-3-10)13(18)19/h2-7H,8-9H2,1H3,(H,15,20)(H,18,19). The van der Waals surface area contributed by atoms with Gasteiger partial charge in [-0.15, -0.1) is 0 Å². The summed E-state index contributed by atoms with van der Waals surface area (Å²) in [5, 5.41) is 15.2. The van der Waals surface area contributed by atoms with Gasteiger partial charge in [0.25, 0.3) is 0 Å². The molecular weight excluding hydrogens is 274 g/mol. The molecule has 2 N–H and O–H groups in total. The van der Waals surface area contributed by atoms with Crippen LogP contribution in [0.3, 0.4) is 0 Å². The van der Waals surface area contributed by atoms with Gasteiger partial charge in [-0.2, -0.15) is 0 Å². The fourth-order valence-corrected chi connectivity index (χ4v) is 1.73. The molecule has 1 aromatic heterocycles. The Balaban J connectivity index is 1.86. The molecule has 0 saturated carbocycles. The quantitative estimate of drug-likeness (QED) is 0.873. The zero-order valence-electron chi connectivity index (χ0n) is 11.4. The molecule has 0 bridgehead atoms. The van der Waals surface area contributed by atoms with E-state index in [1.165, 1.54) is 23.3 Å². The summed E-state index contributed by atoms with van der Waals surface area (Å²) in [5.74, 6) is -0.972. The predicted octanol–water partition coefficient (Wildman–Crippen LogP) is 1.71. The van der Waals surface area contributed by atoms with Crippen molar-refractivity contribution in [3.63, 3.8) is 0 Å². The van der Waals surface area contributed by atoms with Crippen molar-refractivity contribution < 1.29 is 19.2 Å². The van der Waals surface area contributed by atoms with E-state index in [9.17, 15) is 9.59 Å². The van der Waals surface area contributed by atoms with Crippen LogP contribution >= 0.6 is 0 Å². The molecule has 0 aliphatic rings. The first kappa shape index (κ1) is 14.6. The Morgan fingerprint density at radius 2 is 2.00 bits per heavy atom. The van der Waals surface area contributed by atoms with Crippen LogP contribution in [0.15, 0.2) is 41.1 Å². The van der Waals surface area contributed by atoms with Gasteiger partial charge >= 0.3 is 12.0 Å². The van der Waals surface area contributed by atoms with Crippen LogP contribution in [-0.4, -0.2) is 34.2 Å². The molecule has 0 fully saturated rings. The van der Waals surface area contributed by atoms with Crippen molar-refractivity contribution in [2.24, 2.45) is 0 Å². The van der Waals surface area contributed by atoms with E-state index in [1.54, 1.807) is 25.2 Å². The SMILES string of the molecule is CN(Cc1ccc(C(=O)O)cc1)C(=O)NCc1ccon1. The highest BCUT2D eigenvalue weighted by atomic mass is 16.5. The Kier molecular flexibility index (Phi) is 4.55. The van der Waals surface area contributed by atoms with Gasteiger partial charge in [0.15, 0.2) is 0 Å². The first-order chi connectivity index (χ1) is 10.1. The van der Waals surface area contributed by atoms with Gasteiger partial charge in [-0.25, -0.2) is 9.59 Å². The molecule has 7 heteroatoms. The Bertz CT molecular complexity index is 608. The lowest BCUT2D eigenvalue weighted by molar-refractivity contribution is 0.0697. The van der Waals surface area contributed by atoms with Gasteiger partial charge in [-0.1, -0.05) is 17.3 Å². The third kappa shape index (κ3) is 4.07. The number of amides is 2. The van der Waals surface area contributed by atoms with E-state index < -0.39 is 5.97 Å². The normalized spacial score (nSPS) is 10.1. The van der Waals surface area contributed by atoms with Crippen LogP contribution in [0.4, 0.5) is 4.79 Å². The van der Waals surface area contributed by atoms with Crippen molar-refractivity contribution >= 4 is 12.0 Å². The Hall–Kier alpha value is -2.83. The molecule has 21 heavy (non-hydrogen) atoms. The Morgan fingerprint density at radius 1 is 1.29 bits per heavy atom. The lowest BCUT2D eigenvalue weighted by Gasteiger charge is -2.17. The van der Waals surface area contributed by atoms with E-state index in [0.29, 0.717) is 12.2 Å². The lowest BCUT2D eigenvalue weighted by atomic mass is 10.1. The number of nitrogens with zero attached hydrogens (tertiary/aromatic N) is 2. The van der Waals surface area contributed by atoms with Gasteiger partial charge in [-0.3, -0.25) is 0 Å². The van der Waals surface area contributed by atoms with E-state index in [4.69, 9.17) is 5.11 Å². The van der Waals surface area contributed by atoms with Gasteiger partial charge in [0.1, 0.15) is 12.0 Å². The molecule has 0 aliphatic heterocycles. The first-order valence-corrected chi connectivity index (χ1v) is 6.26. The fraction of sp³-hybridized carbons (Fsp3) is 0.214. The van der Waals surface area contributed by atoms with E-state index in [2.05, 4.69) is 15.0 Å². The summed E-state index contributed by atoms with van der Waals surface area (Å²) >= 11 is 0. The molecule has 0 atom stereocenters. The van der Waals surface area contributed by atoms with Crippen molar-refractivity contribution in [2.75, 3.05) is 7.05 Å². The summed E-state index contributed by atoms with van der Waals surface area (Å²) in [6.45, 7) is 0.669. The highest BCUT2D eigenvalue weighted by molar-refractivity contribution is 5.87. The number of urea groups is 1. The predicted molar refractivity (Wildman–Crippen MR) is 73.6 cm³/mol. The van der Waals surface area contributed by atoms with Crippen LogP contribution in [0, 0.1) is 0 Å². The number of carbonyl (C=O) groups is 2. The minimum Gasteiger partial charge on any atom is -0.478 e. The fourth-order valence-electron chi connectivity index (χ4n) is 1.73. The maximum absolute atomic E-state index is 11.9. The molecule has 0 aliphatic carbocycles. The van der Waals surface area contributed by atoms with E-state index in [-0.39, 0.29) is 18.1 Å². The molecule has 1 aromatic carbocycles. The largest absolute Gasteiger partial charge is 0.478 e. The summed E-state index contributed by atoms with van der Waals surface area (Å²) in [6.07, 6.45) is 1.44. The number of carboxylic acids is 1. The van der Waals surface area contributed by atoms with Gasteiger partial charge in [0, 0.05) is 19.7 Å². The molecule has 0 unspecified atom stereocenters. The molecule has 0 radical (unpaired) electrons.